The smallest absolute Gasteiger partial charge is 0.335 e. The maximum absolute atomic E-state index is 12.8. The van der Waals surface area contributed by atoms with E-state index in [4.69, 9.17) is 16.3 Å². The fraction of sp³-hybridized carbons (Fsp3) is 0.182. The number of nitrogens with zero attached hydrogens (tertiary/aromatic N) is 1. The molecule has 0 fully saturated rings. The van der Waals surface area contributed by atoms with Crippen molar-refractivity contribution in [1.29, 1.82) is 0 Å². The highest BCUT2D eigenvalue weighted by Gasteiger charge is 2.34. The highest BCUT2D eigenvalue weighted by atomic mass is 35.5. The number of quaternary nitrogens is 1. The zero-order valence-corrected chi connectivity index (χ0v) is 17.4. The molecular weight excluding hydrogens is 420 g/mol. The van der Waals surface area contributed by atoms with E-state index in [2.05, 4.69) is 9.97 Å². The van der Waals surface area contributed by atoms with Crippen LogP contribution in [-0.2, 0) is 6.42 Å². The van der Waals surface area contributed by atoms with Crippen molar-refractivity contribution >= 4 is 22.5 Å². The molecule has 1 atom stereocenters. The molecule has 2 aromatic heterocycles. The molecule has 5 N–H and O–H groups in total. The summed E-state index contributed by atoms with van der Waals surface area (Å²) < 4.78 is 6.39. The molecule has 31 heavy (non-hydrogen) atoms. The first-order valence-corrected chi connectivity index (χ1v) is 10.2. The second-order valence-electron chi connectivity index (χ2n) is 7.46. The summed E-state index contributed by atoms with van der Waals surface area (Å²) in [6.45, 7) is 0.714. The Kier molecular flexibility index (Phi) is 4.60. The topological polar surface area (TPSA) is 117 Å². The van der Waals surface area contributed by atoms with E-state index in [-0.39, 0.29) is 10.6 Å². The van der Waals surface area contributed by atoms with Crippen LogP contribution in [0, 0.1) is 0 Å². The predicted molar refractivity (Wildman–Crippen MR) is 117 cm³/mol. The summed E-state index contributed by atoms with van der Waals surface area (Å²) in [5.74, 6) is 0.320. The quantitative estimate of drug-likeness (QED) is 0.387. The van der Waals surface area contributed by atoms with Crippen molar-refractivity contribution in [3.05, 3.63) is 85.1 Å². The normalized spacial score (nSPS) is 15.7. The standard InChI is InChI=1S/C22H19ClN4O4/c1-31-11-6-7-15-13(10-11)12-8-9-24-19(18(12)25-15)17-20(28)26-22(30)27(21(17)29)16-5-3-2-4-14(16)23/h2-7,10,19,24-25,29H,8-9H2,1H3,(H,26,28,30)/p+1/t19-/m1/s1. The lowest BCUT2D eigenvalue weighted by molar-refractivity contribution is -0.690. The van der Waals surface area contributed by atoms with E-state index in [9.17, 15) is 14.7 Å². The van der Waals surface area contributed by atoms with E-state index in [1.807, 2.05) is 23.5 Å². The van der Waals surface area contributed by atoms with Crippen molar-refractivity contribution < 1.29 is 15.2 Å². The van der Waals surface area contributed by atoms with E-state index in [1.54, 1.807) is 31.4 Å². The number of H-pyrrole nitrogens is 2. The first-order chi connectivity index (χ1) is 15.0. The average Bonchev–Trinajstić information content (AvgIpc) is 3.13. The number of nitrogens with one attached hydrogen (secondary N) is 2. The number of rotatable bonds is 3. The Morgan fingerprint density at radius 3 is 2.77 bits per heavy atom. The van der Waals surface area contributed by atoms with Crippen molar-refractivity contribution in [1.82, 2.24) is 14.5 Å². The predicted octanol–water partition coefficient (Wildman–Crippen LogP) is 1.58. The number of aromatic amines is 2. The molecule has 0 bridgehead atoms. The molecule has 0 radical (unpaired) electrons. The van der Waals surface area contributed by atoms with Gasteiger partial charge in [-0.05, 0) is 35.9 Å². The van der Waals surface area contributed by atoms with Crippen molar-refractivity contribution in [2.45, 2.75) is 12.5 Å². The maximum Gasteiger partial charge on any atom is 0.335 e. The molecule has 8 nitrogen and oxygen atoms in total. The summed E-state index contributed by atoms with van der Waals surface area (Å²) in [6.07, 6.45) is 0.793. The van der Waals surface area contributed by atoms with E-state index < -0.39 is 23.2 Å². The van der Waals surface area contributed by atoms with Gasteiger partial charge in [0, 0.05) is 17.3 Å². The van der Waals surface area contributed by atoms with Gasteiger partial charge in [0.05, 0.1) is 30.1 Å². The summed E-state index contributed by atoms with van der Waals surface area (Å²) >= 11 is 6.26. The van der Waals surface area contributed by atoms with Crippen LogP contribution in [0.25, 0.3) is 16.6 Å². The number of nitrogens with two attached hydrogens (primary N) is 1. The SMILES string of the molecule is COc1ccc2[nH]c3c(c2c1)CC[NH2+][C@@H]3c1c(O)n(-c2ccccc2Cl)c(=O)[nH]c1=O. The van der Waals surface area contributed by atoms with Crippen molar-refractivity contribution in [2.24, 2.45) is 0 Å². The summed E-state index contributed by atoms with van der Waals surface area (Å²) in [6, 6.07) is 11.9. The Morgan fingerprint density at radius 2 is 2.00 bits per heavy atom. The van der Waals surface area contributed by atoms with Gasteiger partial charge in [-0.1, -0.05) is 23.7 Å². The number of para-hydroxylation sites is 1. The van der Waals surface area contributed by atoms with Gasteiger partial charge < -0.3 is 20.1 Å². The van der Waals surface area contributed by atoms with Gasteiger partial charge in [0.1, 0.15) is 11.3 Å². The maximum atomic E-state index is 12.8. The monoisotopic (exact) mass is 439 g/mol. The third-order valence-electron chi connectivity index (χ3n) is 5.78. The number of ether oxygens (including phenoxy) is 1. The van der Waals surface area contributed by atoms with Crippen LogP contribution in [0.2, 0.25) is 5.02 Å². The molecule has 5 rings (SSSR count). The zero-order chi connectivity index (χ0) is 21.7. The Labute approximate surface area is 181 Å². The van der Waals surface area contributed by atoms with Crippen LogP contribution in [0.4, 0.5) is 0 Å². The Bertz CT molecular complexity index is 1440. The Hall–Kier alpha value is -3.49. The Balaban J connectivity index is 1.74. The van der Waals surface area contributed by atoms with Gasteiger partial charge in [-0.25, -0.2) is 9.36 Å². The van der Waals surface area contributed by atoms with Gasteiger partial charge >= 0.3 is 5.69 Å². The highest BCUT2D eigenvalue weighted by molar-refractivity contribution is 6.32. The first-order valence-electron chi connectivity index (χ1n) is 9.84. The van der Waals surface area contributed by atoms with Gasteiger partial charge in [0.2, 0.25) is 5.88 Å². The van der Waals surface area contributed by atoms with E-state index >= 15 is 0 Å². The number of aromatic hydroxyl groups is 1. The molecular formula is C22H20ClN4O4+. The fourth-order valence-electron chi connectivity index (χ4n) is 4.36. The second-order valence-corrected chi connectivity index (χ2v) is 7.87. The summed E-state index contributed by atoms with van der Waals surface area (Å²) in [4.78, 5) is 31.1. The third-order valence-corrected chi connectivity index (χ3v) is 6.10. The highest BCUT2D eigenvalue weighted by Crippen LogP contribution is 2.34. The molecule has 2 aromatic carbocycles. The largest absolute Gasteiger partial charge is 0.497 e. The molecule has 0 aliphatic carbocycles. The molecule has 4 aromatic rings. The third kappa shape index (κ3) is 3.03. The number of hydrogen-bond acceptors (Lipinski definition) is 4. The van der Waals surface area contributed by atoms with Crippen LogP contribution < -0.4 is 21.3 Å². The molecule has 1 aliphatic heterocycles. The second kappa shape index (κ2) is 7.33. The minimum Gasteiger partial charge on any atom is -0.497 e. The van der Waals surface area contributed by atoms with Gasteiger partial charge in [0.25, 0.3) is 5.56 Å². The van der Waals surface area contributed by atoms with Gasteiger partial charge in [-0.3, -0.25) is 9.78 Å². The van der Waals surface area contributed by atoms with Gasteiger partial charge in [-0.2, -0.15) is 0 Å². The lowest BCUT2D eigenvalue weighted by Crippen LogP contribution is -2.87. The van der Waals surface area contributed by atoms with Gasteiger partial charge in [0.15, 0.2) is 6.04 Å². The van der Waals surface area contributed by atoms with Crippen LogP contribution in [0.1, 0.15) is 22.9 Å². The molecule has 1 aliphatic rings. The molecule has 0 spiro atoms. The molecule has 0 unspecified atom stereocenters. The van der Waals surface area contributed by atoms with Crippen molar-refractivity contribution in [3.63, 3.8) is 0 Å². The number of benzene rings is 2. The minimum absolute atomic E-state index is 0.0963. The number of aromatic nitrogens is 3. The zero-order valence-electron chi connectivity index (χ0n) is 16.6. The van der Waals surface area contributed by atoms with Crippen molar-refractivity contribution in [3.8, 4) is 17.3 Å². The molecule has 3 heterocycles. The Morgan fingerprint density at radius 1 is 1.19 bits per heavy atom. The van der Waals surface area contributed by atoms with E-state index in [0.717, 1.165) is 38.9 Å². The van der Waals surface area contributed by atoms with Crippen LogP contribution in [-0.4, -0.2) is 33.3 Å². The van der Waals surface area contributed by atoms with Crippen LogP contribution >= 0.6 is 11.6 Å². The van der Waals surface area contributed by atoms with Crippen LogP contribution in [0.5, 0.6) is 11.6 Å². The summed E-state index contributed by atoms with van der Waals surface area (Å²) in [7, 11) is 1.62. The summed E-state index contributed by atoms with van der Waals surface area (Å²) in [5.41, 5.74) is 1.81. The lowest BCUT2D eigenvalue weighted by atomic mass is 9.95. The number of halogens is 1. The molecule has 0 saturated heterocycles. The number of methoxy groups -OCH3 is 1. The molecule has 0 saturated carbocycles. The fourth-order valence-corrected chi connectivity index (χ4v) is 4.58. The number of hydrogen-bond donors (Lipinski definition) is 4. The lowest BCUT2D eigenvalue weighted by Gasteiger charge is -2.22. The van der Waals surface area contributed by atoms with E-state index in [1.165, 1.54) is 0 Å². The van der Waals surface area contributed by atoms with Crippen LogP contribution in [0.15, 0.2) is 52.1 Å². The van der Waals surface area contributed by atoms with Crippen LogP contribution in [0.3, 0.4) is 0 Å². The molecule has 9 heteroatoms. The minimum atomic E-state index is -0.753. The summed E-state index contributed by atoms with van der Waals surface area (Å²) in [5, 5.41) is 14.4. The van der Waals surface area contributed by atoms with Gasteiger partial charge in [-0.15, -0.1) is 0 Å². The van der Waals surface area contributed by atoms with E-state index in [0.29, 0.717) is 12.2 Å². The molecule has 158 valence electrons. The molecule has 0 amide bonds. The number of fused-ring (bicyclic) bond motifs is 3. The average molecular weight is 440 g/mol. The van der Waals surface area contributed by atoms with Crippen molar-refractivity contribution in [2.75, 3.05) is 13.7 Å². The first kappa shape index (κ1) is 19.5.